The average molecular weight is 403 g/mol. The maximum Gasteiger partial charge on any atom is 0.420 e. The van der Waals surface area contributed by atoms with Gasteiger partial charge in [0.05, 0.1) is 18.5 Å². The number of hydrogen-bond donors (Lipinski definition) is 1. The number of methoxy groups -OCH3 is 1. The van der Waals surface area contributed by atoms with Gasteiger partial charge in [0, 0.05) is 7.05 Å². The van der Waals surface area contributed by atoms with Crippen molar-refractivity contribution in [1.29, 1.82) is 0 Å². The van der Waals surface area contributed by atoms with Crippen molar-refractivity contribution in [1.82, 2.24) is 5.32 Å². The summed E-state index contributed by atoms with van der Waals surface area (Å²) in [7, 11) is 2.51. The number of amides is 2. The van der Waals surface area contributed by atoms with Gasteiger partial charge in [-0.2, -0.15) is 13.2 Å². The zero-order valence-electron chi connectivity index (χ0n) is 15.4. The van der Waals surface area contributed by atoms with Crippen LogP contribution in [0.1, 0.15) is 5.56 Å². The van der Waals surface area contributed by atoms with E-state index in [0.29, 0.717) is 11.4 Å². The first-order chi connectivity index (χ1) is 13.7. The molecule has 2 heterocycles. The Morgan fingerprint density at radius 3 is 2.21 bits per heavy atom. The fourth-order valence-corrected chi connectivity index (χ4v) is 3.87. The Morgan fingerprint density at radius 2 is 1.62 bits per heavy atom. The van der Waals surface area contributed by atoms with Crippen molar-refractivity contribution < 1.29 is 27.5 Å². The highest BCUT2D eigenvalue weighted by Crippen LogP contribution is 2.52. The highest BCUT2D eigenvalue weighted by Gasteiger charge is 2.66. The largest absolute Gasteiger partial charge is 0.465 e. The van der Waals surface area contributed by atoms with E-state index in [2.05, 4.69) is 5.32 Å². The van der Waals surface area contributed by atoms with E-state index in [-0.39, 0.29) is 11.4 Å². The Hall–Kier alpha value is -3.49. The number of hydrogen-bond acceptors (Lipinski definition) is 4. The zero-order chi connectivity index (χ0) is 21.0. The normalized spacial score (nSPS) is 20.9. The molecule has 0 saturated heterocycles. The van der Waals surface area contributed by atoms with E-state index in [0.717, 1.165) is 12.0 Å². The minimum absolute atomic E-state index is 0.192. The van der Waals surface area contributed by atoms with Crippen LogP contribution < -0.4 is 15.1 Å². The lowest BCUT2D eigenvalue weighted by Gasteiger charge is -2.44. The van der Waals surface area contributed by atoms with Gasteiger partial charge < -0.3 is 15.0 Å². The first-order valence-electron chi connectivity index (χ1n) is 8.64. The van der Waals surface area contributed by atoms with Crippen molar-refractivity contribution in [3.63, 3.8) is 0 Å². The molecular formula is C20H16F3N3O3. The lowest BCUT2D eigenvalue weighted by molar-refractivity contribution is -0.190. The van der Waals surface area contributed by atoms with Crippen LogP contribution in [0.3, 0.4) is 0 Å². The Kier molecular flexibility index (Phi) is 4.07. The molecule has 29 heavy (non-hydrogen) atoms. The van der Waals surface area contributed by atoms with Crippen molar-refractivity contribution in [2.24, 2.45) is 0 Å². The quantitative estimate of drug-likeness (QED) is 0.780. The van der Waals surface area contributed by atoms with Gasteiger partial charge in [-0.15, -0.1) is 0 Å². The molecule has 2 aromatic carbocycles. The van der Waals surface area contributed by atoms with Crippen molar-refractivity contribution in [3.05, 3.63) is 71.6 Å². The second kappa shape index (κ2) is 6.26. The van der Waals surface area contributed by atoms with Gasteiger partial charge in [0.2, 0.25) is 0 Å². The minimum atomic E-state index is -5.03. The van der Waals surface area contributed by atoms with E-state index in [1.807, 2.05) is 0 Å². The van der Waals surface area contributed by atoms with Crippen LogP contribution in [0.4, 0.5) is 29.3 Å². The minimum Gasteiger partial charge on any atom is -0.465 e. The molecule has 2 amide bonds. The summed E-state index contributed by atoms with van der Waals surface area (Å²) in [6.07, 6.45) is -5.03. The topological polar surface area (TPSA) is 61.9 Å². The van der Waals surface area contributed by atoms with Gasteiger partial charge >= 0.3 is 18.2 Å². The van der Waals surface area contributed by atoms with Gasteiger partial charge in [-0.3, -0.25) is 0 Å². The number of carbonyl (C=O) groups excluding carboxylic acids is 2. The van der Waals surface area contributed by atoms with Crippen molar-refractivity contribution in [3.8, 4) is 0 Å². The third kappa shape index (κ3) is 2.43. The molecule has 0 fully saturated rings. The highest BCUT2D eigenvalue weighted by molar-refractivity contribution is 6.10. The van der Waals surface area contributed by atoms with Gasteiger partial charge in [-0.1, -0.05) is 42.5 Å². The third-order valence-electron chi connectivity index (χ3n) is 5.13. The predicted octanol–water partition coefficient (Wildman–Crippen LogP) is 3.51. The van der Waals surface area contributed by atoms with Crippen LogP contribution in [-0.4, -0.2) is 32.3 Å². The number of rotatable bonds is 2. The van der Waals surface area contributed by atoms with Crippen LogP contribution in [0.2, 0.25) is 0 Å². The molecule has 0 bridgehead atoms. The first-order valence-corrected chi connectivity index (χ1v) is 8.64. The lowest BCUT2D eigenvalue weighted by Crippen LogP contribution is -2.65. The number of esters is 1. The van der Waals surface area contributed by atoms with Crippen LogP contribution in [0.5, 0.6) is 0 Å². The van der Waals surface area contributed by atoms with Crippen molar-refractivity contribution in [2.45, 2.75) is 11.7 Å². The number of alkyl halides is 3. The fourth-order valence-electron chi connectivity index (χ4n) is 3.87. The Morgan fingerprint density at radius 1 is 1.03 bits per heavy atom. The van der Waals surface area contributed by atoms with Gasteiger partial charge in [-0.05, 0) is 17.7 Å². The standard InChI is InChI=1S/C20H16F3N3O3/c1-25-13-10-6-7-11-14(13)26-16(25)15(17(27)29-2)19(20(21,22)23,24-18(26)28)12-8-4-3-5-9-12/h3-11H,1-2H3,(H,24,28). The zero-order valence-corrected chi connectivity index (χ0v) is 15.4. The number of carbonyl (C=O) groups is 2. The summed E-state index contributed by atoms with van der Waals surface area (Å²) in [5, 5.41) is 2.06. The summed E-state index contributed by atoms with van der Waals surface area (Å²) >= 11 is 0. The summed E-state index contributed by atoms with van der Waals surface area (Å²) in [5.74, 6) is -1.38. The number of anilines is 2. The molecule has 0 spiro atoms. The van der Waals surface area contributed by atoms with Gasteiger partial charge in [0.25, 0.3) is 0 Å². The number of nitrogens with one attached hydrogen (secondary N) is 1. The van der Waals surface area contributed by atoms with E-state index in [9.17, 15) is 22.8 Å². The van der Waals surface area contributed by atoms with E-state index >= 15 is 0 Å². The van der Waals surface area contributed by atoms with Crippen LogP contribution in [0.25, 0.3) is 0 Å². The molecule has 0 saturated carbocycles. The number of nitrogens with zero attached hydrogens (tertiary/aromatic N) is 2. The Bertz CT molecular complexity index is 1040. The summed E-state index contributed by atoms with van der Waals surface area (Å²) in [4.78, 5) is 28.2. The SMILES string of the molecule is COC(=O)C1=C2N(C)c3ccccc3N2C(=O)NC1(c1ccccc1)C(F)(F)F. The maximum atomic E-state index is 14.6. The lowest BCUT2D eigenvalue weighted by atomic mass is 9.80. The van der Waals surface area contributed by atoms with Crippen LogP contribution in [0.15, 0.2) is 66.0 Å². The van der Waals surface area contributed by atoms with Gasteiger partial charge in [0.1, 0.15) is 11.4 Å². The van der Waals surface area contributed by atoms with Crippen molar-refractivity contribution >= 4 is 23.4 Å². The molecule has 0 aliphatic carbocycles. The van der Waals surface area contributed by atoms with Crippen LogP contribution in [0, 0.1) is 0 Å². The molecule has 0 aromatic heterocycles. The third-order valence-corrected chi connectivity index (χ3v) is 5.13. The smallest absolute Gasteiger partial charge is 0.420 e. The molecule has 9 heteroatoms. The summed E-state index contributed by atoms with van der Waals surface area (Å²) in [6, 6.07) is 12.4. The molecule has 2 aliphatic rings. The Balaban J connectivity index is 2.12. The van der Waals surface area contributed by atoms with Gasteiger partial charge in [0.15, 0.2) is 5.54 Å². The molecule has 1 N–H and O–H groups in total. The maximum absolute atomic E-state index is 14.6. The number of urea groups is 1. The number of para-hydroxylation sites is 2. The van der Waals surface area contributed by atoms with E-state index in [1.54, 1.807) is 30.3 Å². The number of halogens is 3. The molecule has 0 radical (unpaired) electrons. The van der Waals surface area contributed by atoms with E-state index in [4.69, 9.17) is 4.74 Å². The summed E-state index contributed by atoms with van der Waals surface area (Å²) in [6.45, 7) is 0. The Labute approximate surface area is 164 Å². The molecule has 6 nitrogen and oxygen atoms in total. The molecule has 2 aromatic rings. The molecule has 2 aliphatic heterocycles. The van der Waals surface area contributed by atoms with E-state index < -0.39 is 29.3 Å². The number of ether oxygens (including phenoxy) is 1. The first kappa shape index (κ1) is 18.9. The summed E-state index contributed by atoms with van der Waals surface area (Å²) in [5.41, 5.74) is -3.21. The molecule has 150 valence electrons. The number of fused-ring (bicyclic) bond motifs is 3. The van der Waals surface area contributed by atoms with Crippen molar-refractivity contribution in [2.75, 3.05) is 24.0 Å². The fraction of sp³-hybridized carbons (Fsp3) is 0.200. The average Bonchev–Trinajstić information content (AvgIpc) is 3.00. The molecule has 1 unspecified atom stereocenters. The molecule has 4 rings (SSSR count). The predicted molar refractivity (Wildman–Crippen MR) is 99.1 cm³/mol. The second-order valence-electron chi connectivity index (χ2n) is 6.62. The van der Waals surface area contributed by atoms with Crippen LogP contribution in [-0.2, 0) is 15.1 Å². The molecule has 1 atom stereocenters. The number of benzene rings is 2. The van der Waals surface area contributed by atoms with E-state index in [1.165, 1.54) is 36.2 Å². The highest BCUT2D eigenvalue weighted by atomic mass is 19.4. The molecular weight excluding hydrogens is 387 g/mol. The van der Waals surface area contributed by atoms with Gasteiger partial charge in [-0.25, -0.2) is 14.5 Å². The second-order valence-corrected chi connectivity index (χ2v) is 6.62. The van der Waals surface area contributed by atoms with Crippen LogP contribution >= 0.6 is 0 Å². The summed E-state index contributed by atoms with van der Waals surface area (Å²) < 4.78 is 48.6. The monoisotopic (exact) mass is 403 g/mol.